The van der Waals surface area contributed by atoms with Gasteiger partial charge in [0.1, 0.15) is 17.4 Å². The van der Waals surface area contributed by atoms with Crippen molar-refractivity contribution in [1.82, 2.24) is 0 Å². The molecule has 0 aromatic heterocycles. The quantitative estimate of drug-likeness (QED) is 0.288. The summed E-state index contributed by atoms with van der Waals surface area (Å²) in [5, 5.41) is 2.91. The third-order valence-electron chi connectivity index (χ3n) is 5.03. The summed E-state index contributed by atoms with van der Waals surface area (Å²) in [6.45, 7) is 4.04. The normalized spacial score (nSPS) is 10.7. The van der Waals surface area contributed by atoms with Crippen LogP contribution >= 0.6 is 11.6 Å². The second-order valence-electron chi connectivity index (χ2n) is 7.47. The summed E-state index contributed by atoms with van der Waals surface area (Å²) in [5.74, 6) is -2.47. The van der Waals surface area contributed by atoms with Crippen LogP contribution in [0.25, 0.3) is 0 Å². The Kier molecular flexibility index (Phi) is 7.66. The maximum atomic E-state index is 13.9. The third kappa shape index (κ3) is 5.49. The third-order valence-corrected chi connectivity index (χ3v) is 5.34. The van der Waals surface area contributed by atoms with Crippen LogP contribution < -0.4 is 15.8 Å². The van der Waals surface area contributed by atoms with Gasteiger partial charge >= 0.3 is 0 Å². The van der Waals surface area contributed by atoms with Crippen molar-refractivity contribution in [2.45, 2.75) is 26.7 Å². The minimum Gasteiger partial charge on any atom is -0.492 e. The molecule has 0 unspecified atom stereocenters. The van der Waals surface area contributed by atoms with Crippen LogP contribution in [0.2, 0.25) is 5.02 Å². The van der Waals surface area contributed by atoms with Crippen molar-refractivity contribution >= 4 is 34.7 Å². The number of aryl methyl sites for hydroxylation is 1. The van der Waals surface area contributed by atoms with E-state index in [1.54, 1.807) is 19.1 Å². The molecule has 1 amide bonds. The first-order valence-electron chi connectivity index (χ1n) is 10.4. The van der Waals surface area contributed by atoms with Crippen molar-refractivity contribution in [2.75, 3.05) is 11.9 Å². The van der Waals surface area contributed by atoms with Gasteiger partial charge in [0, 0.05) is 17.3 Å². The zero-order chi connectivity index (χ0) is 24.1. The molecule has 3 aromatic rings. The number of hydrogen-bond donors (Lipinski definition) is 2. The van der Waals surface area contributed by atoms with Crippen molar-refractivity contribution in [1.29, 1.82) is 0 Å². The van der Waals surface area contributed by atoms with Crippen LogP contribution in [0, 0.1) is 18.6 Å². The number of rotatable bonds is 9. The number of anilines is 2. The van der Waals surface area contributed by atoms with Crippen molar-refractivity contribution < 1.29 is 23.1 Å². The summed E-state index contributed by atoms with van der Waals surface area (Å²) >= 11 is 6.39. The van der Waals surface area contributed by atoms with E-state index in [9.17, 15) is 18.4 Å². The molecule has 0 aliphatic rings. The molecule has 0 atom stereocenters. The molecule has 172 valence electrons. The number of primary amides is 1. The lowest BCUT2D eigenvalue weighted by atomic mass is 9.95. The largest absolute Gasteiger partial charge is 0.492 e. The predicted octanol–water partition coefficient (Wildman–Crippen LogP) is 6.18. The molecule has 8 heteroatoms. The Bertz CT molecular complexity index is 1210. The fourth-order valence-corrected chi connectivity index (χ4v) is 3.55. The van der Waals surface area contributed by atoms with Crippen molar-refractivity contribution in [3.63, 3.8) is 0 Å². The Hall–Kier alpha value is -3.45. The Labute approximate surface area is 195 Å². The first kappa shape index (κ1) is 24.2. The van der Waals surface area contributed by atoms with E-state index in [1.165, 1.54) is 24.3 Å². The van der Waals surface area contributed by atoms with Crippen LogP contribution in [0.4, 0.5) is 20.2 Å². The molecule has 3 rings (SSSR count). The fourth-order valence-electron chi connectivity index (χ4n) is 3.28. The number of nitrogens with one attached hydrogen (secondary N) is 1. The molecule has 0 spiro atoms. The highest BCUT2D eigenvalue weighted by Gasteiger charge is 2.24. The molecule has 33 heavy (non-hydrogen) atoms. The van der Waals surface area contributed by atoms with Gasteiger partial charge < -0.3 is 15.8 Å². The van der Waals surface area contributed by atoms with E-state index in [0.29, 0.717) is 17.9 Å². The topological polar surface area (TPSA) is 81.4 Å². The summed E-state index contributed by atoms with van der Waals surface area (Å²) in [5.41, 5.74) is 7.06. The van der Waals surface area contributed by atoms with Crippen LogP contribution in [0.15, 0.2) is 48.5 Å². The van der Waals surface area contributed by atoms with Gasteiger partial charge in [0.2, 0.25) is 0 Å². The minimum absolute atomic E-state index is 0.0585. The summed E-state index contributed by atoms with van der Waals surface area (Å²) in [6, 6.07) is 10.8. The molecule has 0 bridgehead atoms. The number of amides is 1. The van der Waals surface area contributed by atoms with Gasteiger partial charge in [-0.3, -0.25) is 9.59 Å². The van der Waals surface area contributed by atoms with Gasteiger partial charge in [-0.2, -0.15) is 0 Å². The molecular weight excluding hydrogens is 450 g/mol. The van der Waals surface area contributed by atoms with E-state index in [1.807, 2.05) is 6.92 Å². The lowest BCUT2D eigenvalue weighted by Gasteiger charge is -2.17. The van der Waals surface area contributed by atoms with E-state index < -0.39 is 23.3 Å². The standard InChI is InChI=1S/C25H23ClF2N2O3/c1-3-4-11-33-24-18(25(29)32)8-5-14(2)22(24)23(31)17-9-7-16(13-19(17)26)30-21-10-6-15(27)12-20(21)28/h5-10,12-13,30H,3-4,11H2,1-2H3,(H2,29,32). The van der Waals surface area contributed by atoms with Gasteiger partial charge in [-0.1, -0.05) is 31.0 Å². The van der Waals surface area contributed by atoms with Crippen LogP contribution in [-0.4, -0.2) is 18.3 Å². The van der Waals surface area contributed by atoms with E-state index in [2.05, 4.69) is 5.32 Å². The lowest BCUT2D eigenvalue weighted by molar-refractivity contribution is 0.0996. The number of halogens is 3. The molecule has 0 fully saturated rings. The molecule has 0 radical (unpaired) electrons. The zero-order valence-electron chi connectivity index (χ0n) is 18.2. The monoisotopic (exact) mass is 472 g/mol. The first-order valence-corrected chi connectivity index (χ1v) is 10.7. The number of carbonyl (C=O) groups excluding carboxylic acids is 2. The fraction of sp³-hybridized carbons (Fsp3) is 0.200. The van der Waals surface area contributed by atoms with Gasteiger partial charge in [0.25, 0.3) is 5.91 Å². The van der Waals surface area contributed by atoms with Crippen molar-refractivity contribution in [3.05, 3.63) is 87.4 Å². The number of ether oxygens (including phenoxy) is 1. The summed E-state index contributed by atoms with van der Waals surface area (Å²) in [4.78, 5) is 25.4. The summed E-state index contributed by atoms with van der Waals surface area (Å²) in [7, 11) is 0. The number of hydrogen-bond acceptors (Lipinski definition) is 4. The van der Waals surface area contributed by atoms with Crippen molar-refractivity contribution in [3.8, 4) is 5.75 Å². The number of benzene rings is 3. The number of unbranched alkanes of at least 4 members (excludes halogenated alkanes) is 1. The average molecular weight is 473 g/mol. The van der Waals surface area contributed by atoms with Gasteiger partial charge in [-0.25, -0.2) is 8.78 Å². The predicted molar refractivity (Wildman–Crippen MR) is 125 cm³/mol. The Morgan fingerprint density at radius 1 is 1.06 bits per heavy atom. The number of ketones is 1. The van der Waals surface area contributed by atoms with Gasteiger partial charge in [-0.05, 0) is 55.3 Å². The first-order chi connectivity index (χ1) is 15.7. The van der Waals surface area contributed by atoms with Crippen molar-refractivity contribution in [2.24, 2.45) is 5.73 Å². The molecule has 3 N–H and O–H groups in total. The minimum atomic E-state index is -0.765. The highest BCUT2D eigenvalue weighted by atomic mass is 35.5. The summed E-state index contributed by atoms with van der Waals surface area (Å²) < 4.78 is 32.9. The smallest absolute Gasteiger partial charge is 0.252 e. The molecular formula is C25H23ClF2N2O3. The van der Waals surface area contributed by atoms with E-state index in [0.717, 1.165) is 25.0 Å². The average Bonchev–Trinajstić information content (AvgIpc) is 2.75. The molecule has 0 aliphatic heterocycles. The van der Waals surface area contributed by atoms with Gasteiger partial charge in [0.05, 0.1) is 28.4 Å². The molecule has 0 saturated carbocycles. The maximum Gasteiger partial charge on any atom is 0.252 e. The molecule has 0 aliphatic carbocycles. The van der Waals surface area contributed by atoms with Crippen LogP contribution in [-0.2, 0) is 0 Å². The van der Waals surface area contributed by atoms with Crippen LogP contribution in [0.1, 0.15) is 51.6 Å². The van der Waals surface area contributed by atoms with E-state index in [-0.39, 0.29) is 33.1 Å². The van der Waals surface area contributed by atoms with E-state index >= 15 is 0 Å². The highest BCUT2D eigenvalue weighted by molar-refractivity contribution is 6.35. The molecule has 0 saturated heterocycles. The second kappa shape index (κ2) is 10.4. The van der Waals surface area contributed by atoms with Gasteiger partial charge in [0.15, 0.2) is 5.78 Å². The number of carbonyl (C=O) groups is 2. The van der Waals surface area contributed by atoms with Crippen LogP contribution in [0.3, 0.4) is 0 Å². The zero-order valence-corrected chi connectivity index (χ0v) is 18.9. The Morgan fingerprint density at radius 3 is 2.42 bits per heavy atom. The van der Waals surface area contributed by atoms with E-state index in [4.69, 9.17) is 22.1 Å². The lowest BCUT2D eigenvalue weighted by Crippen LogP contribution is -2.17. The highest BCUT2D eigenvalue weighted by Crippen LogP contribution is 2.33. The Morgan fingerprint density at radius 2 is 1.79 bits per heavy atom. The Balaban J connectivity index is 1.98. The molecule has 5 nitrogen and oxygen atoms in total. The van der Waals surface area contributed by atoms with Gasteiger partial charge in [-0.15, -0.1) is 0 Å². The summed E-state index contributed by atoms with van der Waals surface area (Å²) in [6.07, 6.45) is 1.61. The molecule has 3 aromatic carbocycles. The SMILES string of the molecule is CCCCOc1c(C(N)=O)ccc(C)c1C(=O)c1ccc(Nc2ccc(F)cc2F)cc1Cl. The number of nitrogens with two attached hydrogens (primary N) is 1. The maximum absolute atomic E-state index is 13.9. The second-order valence-corrected chi connectivity index (χ2v) is 7.88. The molecule has 0 heterocycles. The van der Waals surface area contributed by atoms with Crippen LogP contribution in [0.5, 0.6) is 5.75 Å².